The van der Waals surface area contributed by atoms with Crippen LogP contribution < -0.4 is 10.6 Å². The molecule has 2 N–H and O–H groups in total. The van der Waals surface area contributed by atoms with E-state index in [1.807, 2.05) is 6.92 Å². The zero-order chi connectivity index (χ0) is 14.4. The van der Waals surface area contributed by atoms with Crippen LogP contribution >= 0.6 is 11.6 Å². The van der Waals surface area contributed by atoms with E-state index in [1.54, 1.807) is 0 Å². The molecule has 8 heteroatoms. The summed E-state index contributed by atoms with van der Waals surface area (Å²) in [6.07, 6.45) is 0.779. The lowest BCUT2D eigenvalue weighted by atomic mass is 10.2. The van der Waals surface area contributed by atoms with Crippen LogP contribution in [0.15, 0.2) is 12.1 Å². The summed E-state index contributed by atoms with van der Waals surface area (Å²) >= 11 is 5.47. The maximum absolute atomic E-state index is 13.3. The number of nitrogens with zero attached hydrogens (tertiary/aromatic N) is 1. The lowest BCUT2D eigenvalue weighted by molar-refractivity contribution is -0.384. The van der Waals surface area contributed by atoms with Crippen LogP contribution in [0, 0.1) is 15.9 Å². The third kappa shape index (κ3) is 4.36. The van der Waals surface area contributed by atoms with Crippen LogP contribution in [0.5, 0.6) is 0 Å². The number of rotatable bonds is 6. The SMILES string of the molecule is CCCNC(=O)CNc1cc(F)c(Cl)cc1[N+](=O)[O-]. The van der Waals surface area contributed by atoms with E-state index >= 15 is 0 Å². The lowest BCUT2D eigenvalue weighted by Crippen LogP contribution is -2.30. The molecule has 1 rings (SSSR count). The Morgan fingerprint density at radius 1 is 1.53 bits per heavy atom. The fourth-order valence-electron chi connectivity index (χ4n) is 1.33. The standard InChI is InChI=1S/C11H13ClFN3O3/c1-2-3-14-11(17)6-15-9-5-8(13)7(12)4-10(9)16(18)19/h4-5,15H,2-3,6H2,1H3,(H,14,17). The van der Waals surface area contributed by atoms with Gasteiger partial charge in [-0.05, 0) is 6.42 Å². The normalized spacial score (nSPS) is 10.1. The Bertz CT molecular complexity index is 496. The largest absolute Gasteiger partial charge is 0.370 e. The molecule has 19 heavy (non-hydrogen) atoms. The fraction of sp³-hybridized carbons (Fsp3) is 0.364. The molecule has 6 nitrogen and oxygen atoms in total. The number of benzene rings is 1. The van der Waals surface area contributed by atoms with Crippen LogP contribution in [-0.4, -0.2) is 23.9 Å². The average molecular weight is 290 g/mol. The van der Waals surface area contributed by atoms with E-state index in [0.717, 1.165) is 18.6 Å². The molecule has 0 heterocycles. The van der Waals surface area contributed by atoms with Gasteiger partial charge >= 0.3 is 0 Å². The summed E-state index contributed by atoms with van der Waals surface area (Å²) in [4.78, 5) is 21.4. The third-order valence-corrected chi connectivity index (χ3v) is 2.54. The van der Waals surface area contributed by atoms with Gasteiger partial charge < -0.3 is 10.6 Å². The van der Waals surface area contributed by atoms with Gasteiger partial charge in [-0.3, -0.25) is 14.9 Å². The summed E-state index contributed by atoms with van der Waals surface area (Å²) in [5, 5.41) is 15.6. The maximum atomic E-state index is 13.3. The Labute approximate surface area is 114 Å². The molecule has 0 saturated heterocycles. The Kier molecular flexibility index (Phi) is 5.50. The minimum atomic E-state index is -0.788. The number of nitro groups is 1. The average Bonchev–Trinajstić information content (AvgIpc) is 2.36. The molecule has 0 spiro atoms. The van der Waals surface area contributed by atoms with Gasteiger partial charge in [-0.1, -0.05) is 18.5 Å². The highest BCUT2D eigenvalue weighted by atomic mass is 35.5. The smallest absolute Gasteiger partial charge is 0.294 e. The van der Waals surface area contributed by atoms with Crippen molar-refractivity contribution in [1.29, 1.82) is 0 Å². The molecule has 0 atom stereocenters. The monoisotopic (exact) mass is 289 g/mol. The summed E-state index contributed by atoms with van der Waals surface area (Å²) in [5.74, 6) is -1.12. The predicted octanol–water partition coefficient (Wildman–Crippen LogP) is 2.33. The fourth-order valence-corrected chi connectivity index (χ4v) is 1.49. The number of halogens is 2. The first kappa shape index (κ1) is 15.2. The first-order chi connectivity index (χ1) is 8.95. The van der Waals surface area contributed by atoms with Crippen molar-refractivity contribution in [3.63, 3.8) is 0 Å². The number of carbonyl (C=O) groups is 1. The molecular weight excluding hydrogens is 277 g/mol. The van der Waals surface area contributed by atoms with Gasteiger partial charge in [0.1, 0.15) is 11.5 Å². The van der Waals surface area contributed by atoms with Crippen molar-refractivity contribution in [2.24, 2.45) is 0 Å². The van der Waals surface area contributed by atoms with Crippen molar-refractivity contribution in [3.05, 3.63) is 33.1 Å². The van der Waals surface area contributed by atoms with Crippen LogP contribution in [0.3, 0.4) is 0 Å². The molecule has 0 aliphatic heterocycles. The molecule has 1 aromatic carbocycles. The lowest BCUT2D eigenvalue weighted by Gasteiger charge is -2.08. The maximum Gasteiger partial charge on any atom is 0.294 e. The molecule has 0 aromatic heterocycles. The quantitative estimate of drug-likeness (QED) is 0.622. The van der Waals surface area contributed by atoms with Gasteiger partial charge in [0.25, 0.3) is 5.69 Å². The van der Waals surface area contributed by atoms with Crippen molar-refractivity contribution in [2.45, 2.75) is 13.3 Å². The van der Waals surface area contributed by atoms with Gasteiger partial charge in [-0.2, -0.15) is 0 Å². The van der Waals surface area contributed by atoms with Crippen LogP contribution in [0.4, 0.5) is 15.8 Å². The summed E-state index contributed by atoms with van der Waals surface area (Å²) in [6.45, 7) is 2.23. The molecule has 0 unspecified atom stereocenters. The molecule has 0 bridgehead atoms. The van der Waals surface area contributed by atoms with Crippen LogP contribution in [0.2, 0.25) is 5.02 Å². The molecule has 0 fully saturated rings. The molecular formula is C11H13ClFN3O3. The topological polar surface area (TPSA) is 84.3 Å². The van der Waals surface area contributed by atoms with Crippen molar-refractivity contribution in [3.8, 4) is 0 Å². The van der Waals surface area contributed by atoms with E-state index in [9.17, 15) is 19.3 Å². The van der Waals surface area contributed by atoms with Gasteiger partial charge in [0.15, 0.2) is 0 Å². The number of nitrogens with one attached hydrogen (secondary N) is 2. The number of nitro benzene ring substituents is 1. The molecule has 1 amide bonds. The van der Waals surface area contributed by atoms with E-state index in [4.69, 9.17) is 11.6 Å². The van der Waals surface area contributed by atoms with Gasteiger partial charge in [-0.25, -0.2) is 4.39 Å². The molecule has 0 saturated carbocycles. The minimum absolute atomic E-state index is 0.0847. The van der Waals surface area contributed by atoms with Crippen molar-refractivity contribution >= 4 is 28.9 Å². The first-order valence-electron chi connectivity index (χ1n) is 5.59. The third-order valence-electron chi connectivity index (χ3n) is 2.25. The summed E-state index contributed by atoms with van der Waals surface area (Å²) < 4.78 is 13.3. The zero-order valence-electron chi connectivity index (χ0n) is 10.2. The molecule has 104 valence electrons. The molecule has 0 radical (unpaired) electrons. The summed E-state index contributed by atoms with van der Waals surface area (Å²) in [7, 11) is 0. The van der Waals surface area contributed by atoms with Crippen LogP contribution in [-0.2, 0) is 4.79 Å². The van der Waals surface area contributed by atoms with Gasteiger partial charge in [0.2, 0.25) is 5.91 Å². The second kappa shape index (κ2) is 6.89. The van der Waals surface area contributed by atoms with Crippen LogP contribution in [0.1, 0.15) is 13.3 Å². The Balaban J connectivity index is 2.79. The molecule has 0 aliphatic rings. The highest BCUT2D eigenvalue weighted by Gasteiger charge is 2.18. The Morgan fingerprint density at radius 2 is 2.21 bits per heavy atom. The first-order valence-corrected chi connectivity index (χ1v) is 5.97. The number of carbonyl (C=O) groups excluding carboxylic acids is 1. The van der Waals surface area contributed by atoms with E-state index in [0.29, 0.717) is 6.54 Å². The summed E-state index contributed by atoms with van der Waals surface area (Å²) in [5.41, 5.74) is -0.465. The van der Waals surface area contributed by atoms with E-state index < -0.39 is 10.7 Å². The highest BCUT2D eigenvalue weighted by molar-refractivity contribution is 6.31. The summed E-state index contributed by atoms with van der Waals surface area (Å²) in [6, 6.07) is 1.80. The Hall–Kier alpha value is -1.89. The van der Waals surface area contributed by atoms with Gasteiger partial charge in [-0.15, -0.1) is 0 Å². The minimum Gasteiger partial charge on any atom is -0.370 e. The second-order valence-corrected chi connectivity index (χ2v) is 4.15. The van der Waals surface area contributed by atoms with Crippen molar-refractivity contribution in [1.82, 2.24) is 5.32 Å². The van der Waals surface area contributed by atoms with E-state index in [1.165, 1.54) is 0 Å². The van der Waals surface area contributed by atoms with E-state index in [2.05, 4.69) is 10.6 Å². The number of anilines is 1. The molecule has 0 aliphatic carbocycles. The van der Waals surface area contributed by atoms with E-state index in [-0.39, 0.29) is 28.8 Å². The van der Waals surface area contributed by atoms with Gasteiger partial charge in [0.05, 0.1) is 16.5 Å². The Morgan fingerprint density at radius 3 is 2.79 bits per heavy atom. The number of hydrogen-bond acceptors (Lipinski definition) is 4. The van der Waals surface area contributed by atoms with Crippen LogP contribution in [0.25, 0.3) is 0 Å². The number of amides is 1. The highest BCUT2D eigenvalue weighted by Crippen LogP contribution is 2.30. The second-order valence-electron chi connectivity index (χ2n) is 3.74. The van der Waals surface area contributed by atoms with Crippen molar-refractivity contribution < 1.29 is 14.1 Å². The predicted molar refractivity (Wildman–Crippen MR) is 69.9 cm³/mol. The van der Waals surface area contributed by atoms with Gasteiger partial charge in [0, 0.05) is 18.7 Å². The van der Waals surface area contributed by atoms with Crippen molar-refractivity contribution in [2.75, 3.05) is 18.4 Å². The number of hydrogen-bond donors (Lipinski definition) is 2. The zero-order valence-corrected chi connectivity index (χ0v) is 11.0. The molecule has 1 aromatic rings.